The van der Waals surface area contributed by atoms with Gasteiger partial charge < -0.3 is 29.9 Å². The Labute approximate surface area is 231 Å². The van der Waals surface area contributed by atoms with Crippen molar-refractivity contribution < 1.29 is 39.5 Å². The summed E-state index contributed by atoms with van der Waals surface area (Å²) in [4.78, 5) is 24.2. The van der Waals surface area contributed by atoms with E-state index < -0.39 is 48.9 Å². The first-order valence-corrected chi connectivity index (χ1v) is 14.0. The zero-order chi connectivity index (χ0) is 28.9. The number of carboxylic acid groups (broad SMARTS) is 1. The van der Waals surface area contributed by atoms with E-state index in [0.29, 0.717) is 25.0 Å². The Kier molecular flexibility index (Phi) is 10.8. The molecule has 0 aliphatic heterocycles. The van der Waals surface area contributed by atoms with E-state index >= 15 is 0 Å². The van der Waals surface area contributed by atoms with E-state index in [1.165, 1.54) is 0 Å². The monoisotopic (exact) mass is 544 g/mol. The molecule has 0 saturated heterocycles. The number of fused-ring (bicyclic) bond motifs is 1. The molecule has 1 aromatic rings. The van der Waals surface area contributed by atoms with Crippen LogP contribution >= 0.6 is 0 Å². The van der Waals surface area contributed by atoms with Gasteiger partial charge in [0.1, 0.15) is 11.9 Å². The highest BCUT2D eigenvalue weighted by Gasteiger charge is 2.42. The van der Waals surface area contributed by atoms with Crippen molar-refractivity contribution in [3.05, 3.63) is 52.6 Å². The predicted octanol–water partition coefficient (Wildman–Crippen LogP) is 4.18. The van der Waals surface area contributed by atoms with Gasteiger partial charge in [0, 0.05) is 12.3 Å². The number of aliphatic hydroxyl groups excluding tert-OH is 3. The summed E-state index contributed by atoms with van der Waals surface area (Å²) in [6.45, 7) is 9.88. The molecule has 1 aromatic carbocycles. The number of allylic oxidation sites excluding steroid dienone is 2. The third-order valence-electron chi connectivity index (χ3n) is 7.93. The molecule has 8 atom stereocenters. The zero-order valence-corrected chi connectivity index (χ0v) is 23.7. The third-order valence-corrected chi connectivity index (χ3v) is 7.93. The van der Waals surface area contributed by atoms with Gasteiger partial charge in [-0.15, -0.1) is 0 Å². The van der Waals surface area contributed by atoms with E-state index in [0.717, 1.165) is 22.3 Å². The van der Waals surface area contributed by atoms with Crippen molar-refractivity contribution in [1.82, 2.24) is 0 Å². The van der Waals surface area contributed by atoms with Gasteiger partial charge in [-0.3, -0.25) is 4.79 Å². The number of ether oxygens (including phenoxy) is 2. The van der Waals surface area contributed by atoms with Gasteiger partial charge in [0.15, 0.2) is 6.10 Å². The number of carbonyl (C=O) groups excluding carboxylic acids is 1. The number of hydrogen-bond acceptors (Lipinski definition) is 7. The normalized spacial score (nSPS) is 26.7. The molecular formula is C31H44O8. The molecule has 0 spiro atoms. The van der Waals surface area contributed by atoms with Gasteiger partial charge in [0.2, 0.25) is 0 Å². The summed E-state index contributed by atoms with van der Waals surface area (Å²) in [5.74, 6) is -0.888. The summed E-state index contributed by atoms with van der Waals surface area (Å²) < 4.78 is 12.3. The van der Waals surface area contributed by atoms with Crippen LogP contribution in [0.5, 0.6) is 5.75 Å². The Morgan fingerprint density at radius 3 is 2.38 bits per heavy atom. The molecule has 8 nitrogen and oxygen atoms in total. The van der Waals surface area contributed by atoms with Gasteiger partial charge in [-0.2, -0.15) is 0 Å². The van der Waals surface area contributed by atoms with Gasteiger partial charge in [0.05, 0.1) is 24.7 Å². The standard InChI is InChI=1S/C31H44O8/c1-6-26(38-30-19(4)11-17(2)12-20(30)5)31(37)39-27-15-23(33)13-21-8-7-18(3)25(29(21)27)10-9-22(32)14-24(34)16-28(35)36/h7-8,11-13,18,22-27,29,32-34H,6,9-10,14-16H2,1-5H3,(H,35,36)/t18-,22+,23+,24+,25-,26?,27-,29-/m0/s1. The lowest BCUT2D eigenvalue weighted by Gasteiger charge is -2.43. The highest BCUT2D eigenvalue weighted by molar-refractivity contribution is 5.75. The highest BCUT2D eigenvalue weighted by atomic mass is 16.6. The smallest absolute Gasteiger partial charge is 0.347 e. The van der Waals surface area contributed by atoms with E-state index in [9.17, 15) is 24.9 Å². The first-order valence-electron chi connectivity index (χ1n) is 14.0. The Hall–Kier alpha value is -2.68. The Morgan fingerprint density at radius 1 is 1.10 bits per heavy atom. The van der Waals surface area contributed by atoms with Gasteiger partial charge >= 0.3 is 11.9 Å². The topological polar surface area (TPSA) is 134 Å². The van der Waals surface area contributed by atoms with E-state index in [1.54, 1.807) is 0 Å². The van der Waals surface area contributed by atoms with Crippen LogP contribution in [-0.4, -0.2) is 62.9 Å². The van der Waals surface area contributed by atoms with Crippen LogP contribution in [0.15, 0.2) is 35.9 Å². The zero-order valence-electron chi connectivity index (χ0n) is 23.7. The molecule has 216 valence electrons. The number of carboxylic acids is 1. The van der Waals surface area contributed by atoms with Crippen molar-refractivity contribution in [3.63, 3.8) is 0 Å². The summed E-state index contributed by atoms with van der Waals surface area (Å²) in [6.07, 6.45) is 3.06. The van der Waals surface area contributed by atoms with Gasteiger partial charge in [-0.1, -0.05) is 49.8 Å². The van der Waals surface area contributed by atoms with Crippen LogP contribution in [-0.2, 0) is 14.3 Å². The maximum atomic E-state index is 13.4. The Bertz CT molecular complexity index is 1050. The van der Waals surface area contributed by atoms with E-state index in [2.05, 4.69) is 13.0 Å². The quantitative estimate of drug-likeness (QED) is 0.288. The van der Waals surface area contributed by atoms with Crippen LogP contribution in [0.4, 0.5) is 0 Å². The second-order valence-corrected chi connectivity index (χ2v) is 11.3. The molecule has 0 fully saturated rings. The molecule has 0 saturated carbocycles. The molecule has 0 amide bonds. The summed E-state index contributed by atoms with van der Waals surface area (Å²) >= 11 is 0. The van der Waals surface area contributed by atoms with Crippen molar-refractivity contribution in [3.8, 4) is 5.75 Å². The van der Waals surface area contributed by atoms with Crippen molar-refractivity contribution in [1.29, 1.82) is 0 Å². The van der Waals surface area contributed by atoms with Gasteiger partial charge in [-0.05, 0) is 75.0 Å². The minimum Gasteiger partial charge on any atom is -0.481 e. The lowest BCUT2D eigenvalue weighted by molar-refractivity contribution is -0.163. The summed E-state index contributed by atoms with van der Waals surface area (Å²) in [7, 11) is 0. The highest BCUT2D eigenvalue weighted by Crippen LogP contribution is 2.44. The number of esters is 1. The molecule has 0 aromatic heterocycles. The van der Waals surface area contributed by atoms with E-state index in [-0.39, 0.29) is 30.6 Å². The van der Waals surface area contributed by atoms with Crippen LogP contribution in [0.3, 0.4) is 0 Å². The fourth-order valence-electron chi connectivity index (χ4n) is 6.11. The molecular weight excluding hydrogens is 500 g/mol. The molecule has 39 heavy (non-hydrogen) atoms. The van der Waals surface area contributed by atoms with Gasteiger partial charge in [-0.25, -0.2) is 4.79 Å². The number of carbonyl (C=O) groups is 2. The summed E-state index contributed by atoms with van der Waals surface area (Å²) in [6, 6.07) is 4.04. The molecule has 4 N–H and O–H groups in total. The maximum Gasteiger partial charge on any atom is 0.347 e. The average Bonchev–Trinajstić information content (AvgIpc) is 2.82. The fourth-order valence-corrected chi connectivity index (χ4v) is 6.11. The first-order chi connectivity index (χ1) is 18.4. The molecule has 0 bridgehead atoms. The number of aliphatic hydroxyl groups is 3. The molecule has 0 heterocycles. The van der Waals surface area contributed by atoms with Crippen molar-refractivity contribution >= 4 is 11.9 Å². The van der Waals surface area contributed by atoms with E-state index in [4.69, 9.17) is 14.6 Å². The van der Waals surface area contributed by atoms with E-state index in [1.807, 2.05) is 52.0 Å². The summed E-state index contributed by atoms with van der Waals surface area (Å²) in [5, 5.41) is 39.8. The van der Waals surface area contributed by atoms with Crippen LogP contribution in [0.2, 0.25) is 0 Å². The lowest BCUT2D eigenvalue weighted by Crippen LogP contribution is -2.44. The molecule has 3 rings (SSSR count). The second kappa shape index (κ2) is 13.6. The molecule has 8 heteroatoms. The molecule has 2 aliphatic rings. The average molecular weight is 545 g/mol. The fraction of sp³-hybridized carbons (Fsp3) is 0.613. The molecule has 0 radical (unpaired) electrons. The largest absolute Gasteiger partial charge is 0.481 e. The third kappa shape index (κ3) is 8.16. The Morgan fingerprint density at radius 2 is 1.77 bits per heavy atom. The number of aliphatic carboxylic acids is 1. The van der Waals surface area contributed by atoms with Crippen LogP contribution < -0.4 is 4.74 Å². The SMILES string of the molecule is CCC(Oc1c(C)cc(C)cc1C)C(=O)O[C@H]1C[C@H](O)C=C2C=C[C@H](C)[C@H](CC[C@@H](O)C[C@@H](O)CC(=O)O)[C@H]21. The number of rotatable bonds is 12. The van der Waals surface area contributed by atoms with Crippen molar-refractivity contribution in [2.75, 3.05) is 0 Å². The van der Waals surface area contributed by atoms with Crippen molar-refractivity contribution in [2.24, 2.45) is 17.8 Å². The predicted molar refractivity (Wildman–Crippen MR) is 147 cm³/mol. The second-order valence-electron chi connectivity index (χ2n) is 11.3. The van der Waals surface area contributed by atoms with Crippen LogP contribution in [0, 0.1) is 38.5 Å². The Balaban J connectivity index is 1.74. The first kappa shape index (κ1) is 30.9. The lowest BCUT2D eigenvalue weighted by atomic mass is 9.66. The molecule has 1 unspecified atom stereocenters. The van der Waals surface area contributed by atoms with Crippen molar-refractivity contribution in [2.45, 2.75) is 104 Å². The minimum absolute atomic E-state index is 0.0128. The summed E-state index contributed by atoms with van der Waals surface area (Å²) in [5.41, 5.74) is 3.94. The van der Waals surface area contributed by atoms with Gasteiger partial charge in [0.25, 0.3) is 0 Å². The number of aryl methyl sites for hydroxylation is 3. The number of hydrogen-bond donors (Lipinski definition) is 4. The van der Waals surface area contributed by atoms with Crippen LogP contribution in [0.25, 0.3) is 0 Å². The number of benzene rings is 1. The minimum atomic E-state index is -1.11. The van der Waals surface area contributed by atoms with Crippen LogP contribution in [0.1, 0.15) is 69.1 Å². The maximum absolute atomic E-state index is 13.4. The molecule has 2 aliphatic carbocycles.